The Labute approximate surface area is 70.1 Å². The fraction of sp³-hybridized carbons (Fsp3) is 0.500. The third-order valence-electron chi connectivity index (χ3n) is 1.51. The third kappa shape index (κ3) is 1.47. The molecule has 0 saturated carbocycles. The summed E-state index contributed by atoms with van der Waals surface area (Å²) in [7, 11) is 0. The fourth-order valence-corrected chi connectivity index (χ4v) is 0.996. The molecule has 0 bridgehead atoms. The first kappa shape index (κ1) is 8.77. The van der Waals surface area contributed by atoms with Crippen LogP contribution >= 0.6 is 0 Å². The monoisotopic (exact) mass is 170 g/mol. The Kier molecular flexibility index (Phi) is 2.17. The van der Waals surface area contributed by atoms with Gasteiger partial charge in [0.05, 0.1) is 0 Å². The van der Waals surface area contributed by atoms with E-state index in [9.17, 15) is 9.59 Å². The van der Waals surface area contributed by atoms with Crippen molar-refractivity contribution < 1.29 is 19.1 Å². The number of esters is 1. The second-order valence-electron chi connectivity index (χ2n) is 2.60. The van der Waals surface area contributed by atoms with Crippen molar-refractivity contribution in [1.29, 1.82) is 0 Å². The molecular weight excluding hydrogens is 160 g/mol. The van der Waals surface area contributed by atoms with Gasteiger partial charge in [-0.25, -0.2) is 0 Å². The lowest BCUT2D eigenvalue weighted by Gasteiger charge is -1.99. The molecule has 0 aromatic carbocycles. The highest BCUT2D eigenvalue weighted by Gasteiger charge is 2.32. The van der Waals surface area contributed by atoms with Crippen molar-refractivity contribution >= 4 is 11.8 Å². The Morgan fingerprint density at radius 2 is 2.17 bits per heavy atom. The lowest BCUT2D eigenvalue weighted by Crippen LogP contribution is -2.15. The van der Waals surface area contributed by atoms with Gasteiger partial charge in [0.2, 0.25) is 11.5 Å². The van der Waals surface area contributed by atoms with Gasteiger partial charge in [-0.1, -0.05) is 0 Å². The van der Waals surface area contributed by atoms with Crippen LogP contribution in [0.1, 0.15) is 20.8 Å². The predicted molar refractivity (Wildman–Crippen MR) is 40.0 cm³/mol. The van der Waals surface area contributed by atoms with E-state index >= 15 is 0 Å². The Bertz CT molecular complexity index is 264. The molecule has 0 radical (unpaired) electrons. The van der Waals surface area contributed by atoms with Crippen molar-refractivity contribution in [2.75, 3.05) is 0 Å². The first-order valence-corrected chi connectivity index (χ1v) is 3.62. The largest absolute Gasteiger partial charge is 0.483 e. The summed E-state index contributed by atoms with van der Waals surface area (Å²) in [6.07, 6.45) is -0.528. The molecule has 0 aliphatic carbocycles. The molecule has 0 amide bonds. The van der Waals surface area contributed by atoms with E-state index in [1.165, 1.54) is 6.92 Å². The minimum Gasteiger partial charge on any atom is -0.483 e. The van der Waals surface area contributed by atoms with E-state index in [0.29, 0.717) is 5.76 Å². The van der Waals surface area contributed by atoms with Crippen LogP contribution in [0.25, 0.3) is 0 Å². The van der Waals surface area contributed by atoms with E-state index in [2.05, 4.69) is 4.74 Å². The molecule has 0 N–H and O–H groups in total. The van der Waals surface area contributed by atoms with Gasteiger partial charge in [-0.2, -0.15) is 0 Å². The summed E-state index contributed by atoms with van der Waals surface area (Å²) in [5.74, 6) is -0.365. The van der Waals surface area contributed by atoms with Crippen LogP contribution in [0.5, 0.6) is 0 Å². The van der Waals surface area contributed by atoms with Gasteiger partial charge in [0.15, 0.2) is 6.10 Å². The van der Waals surface area contributed by atoms with Crippen LogP contribution in [0.2, 0.25) is 0 Å². The summed E-state index contributed by atoms with van der Waals surface area (Å²) in [5.41, 5.74) is 0. The first-order chi connectivity index (χ1) is 5.52. The van der Waals surface area contributed by atoms with Crippen molar-refractivity contribution in [1.82, 2.24) is 0 Å². The number of hydrogen-bond acceptors (Lipinski definition) is 4. The Balaban J connectivity index is 2.81. The van der Waals surface area contributed by atoms with Gasteiger partial charge in [-0.05, 0) is 13.8 Å². The molecule has 0 aromatic rings. The number of ketones is 1. The minimum atomic E-state index is -0.528. The molecule has 1 atom stereocenters. The summed E-state index contributed by atoms with van der Waals surface area (Å²) in [6, 6.07) is 0. The topological polar surface area (TPSA) is 52.6 Å². The molecule has 12 heavy (non-hydrogen) atoms. The lowest BCUT2D eigenvalue weighted by atomic mass is 10.2. The van der Waals surface area contributed by atoms with Crippen LogP contribution in [0, 0.1) is 0 Å². The zero-order chi connectivity index (χ0) is 9.30. The van der Waals surface area contributed by atoms with Crippen molar-refractivity contribution in [2.24, 2.45) is 0 Å². The van der Waals surface area contributed by atoms with Gasteiger partial charge < -0.3 is 9.47 Å². The summed E-state index contributed by atoms with van der Waals surface area (Å²) in [6.45, 7) is 4.46. The van der Waals surface area contributed by atoms with Gasteiger partial charge in [-0.3, -0.25) is 9.59 Å². The zero-order valence-electron chi connectivity index (χ0n) is 7.21. The average molecular weight is 170 g/mol. The van der Waals surface area contributed by atoms with Crippen LogP contribution in [0.15, 0.2) is 11.5 Å². The van der Waals surface area contributed by atoms with E-state index in [-0.39, 0.29) is 11.5 Å². The number of carbonyl (C=O) groups excluding carboxylic acids is 2. The van der Waals surface area contributed by atoms with Gasteiger partial charge in [0, 0.05) is 6.92 Å². The Morgan fingerprint density at radius 1 is 1.58 bits per heavy atom. The normalized spacial score (nSPS) is 22.6. The van der Waals surface area contributed by atoms with Gasteiger partial charge in [-0.15, -0.1) is 0 Å². The number of allylic oxidation sites excluding steroid dienone is 1. The summed E-state index contributed by atoms with van der Waals surface area (Å²) in [4.78, 5) is 21.7. The third-order valence-corrected chi connectivity index (χ3v) is 1.51. The first-order valence-electron chi connectivity index (χ1n) is 3.62. The number of carbonyl (C=O) groups is 2. The second-order valence-corrected chi connectivity index (χ2v) is 2.60. The molecule has 1 rings (SSSR count). The molecule has 0 spiro atoms. The van der Waals surface area contributed by atoms with E-state index in [4.69, 9.17) is 4.74 Å². The summed E-state index contributed by atoms with van der Waals surface area (Å²) < 4.78 is 9.71. The predicted octanol–water partition coefficient (Wildman–Crippen LogP) is 0.769. The molecule has 0 unspecified atom stereocenters. The molecule has 4 heteroatoms. The number of rotatable bonds is 1. The zero-order valence-corrected chi connectivity index (χ0v) is 7.21. The van der Waals surface area contributed by atoms with E-state index < -0.39 is 12.1 Å². The molecular formula is C8H10O4. The van der Waals surface area contributed by atoms with Crippen LogP contribution in [0.4, 0.5) is 0 Å². The Hall–Kier alpha value is -1.32. The van der Waals surface area contributed by atoms with Crippen molar-refractivity contribution in [3.63, 3.8) is 0 Å². The maximum Gasteiger partial charge on any atom is 0.308 e. The van der Waals surface area contributed by atoms with E-state index in [1.807, 2.05) is 0 Å². The van der Waals surface area contributed by atoms with Crippen molar-refractivity contribution in [3.05, 3.63) is 11.5 Å². The smallest absolute Gasteiger partial charge is 0.308 e. The molecule has 66 valence electrons. The minimum absolute atomic E-state index is 0.0370. The van der Waals surface area contributed by atoms with E-state index in [1.54, 1.807) is 13.8 Å². The molecule has 1 aliphatic heterocycles. The molecule has 0 aromatic heterocycles. The van der Waals surface area contributed by atoms with Gasteiger partial charge in [0.25, 0.3) is 0 Å². The van der Waals surface area contributed by atoms with Crippen LogP contribution in [-0.2, 0) is 19.1 Å². The van der Waals surface area contributed by atoms with Crippen molar-refractivity contribution in [2.45, 2.75) is 26.9 Å². The molecule has 1 heterocycles. The Morgan fingerprint density at radius 3 is 2.50 bits per heavy atom. The number of ether oxygens (including phenoxy) is 2. The van der Waals surface area contributed by atoms with Gasteiger partial charge >= 0.3 is 5.97 Å². The second kappa shape index (κ2) is 2.97. The highest BCUT2D eigenvalue weighted by Crippen LogP contribution is 2.21. The lowest BCUT2D eigenvalue weighted by molar-refractivity contribution is -0.140. The van der Waals surface area contributed by atoms with Crippen molar-refractivity contribution in [3.8, 4) is 0 Å². The maximum absolute atomic E-state index is 11.2. The maximum atomic E-state index is 11.2. The van der Waals surface area contributed by atoms with Crippen LogP contribution < -0.4 is 0 Å². The quantitative estimate of drug-likeness (QED) is 0.545. The van der Waals surface area contributed by atoms with Crippen LogP contribution in [-0.4, -0.2) is 17.9 Å². The number of Topliss-reactive ketones (excluding diaryl/α,β-unsaturated/α-hetero) is 1. The highest BCUT2D eigenvalue weighted by atomic mass is 16.6. The SMILES string of the molecule is CC(=O)OC1=C(C)O[C@H](C)C1=O. The fourth-order valence-electron chi connectivity index (χ4n) is 0.996. The molecule has 0 fully saturated rings. The standard InChI is InChI=1S/C8H10O4/c1-4-7(10)8(5(2)11-4)12-6(3)9/h4H,1-3H3/t4-/m1/s1. The summed E-state index contributed by atoms with van der Waals surface area (Å²) >= 11 is 0. The average Bonchev–Trinajstić information content (AvgIpc) is 2.16. The molecule has 4 nitrogen and oxygen atoms in total. The van der Waals surface area contributed by atoms with Gasteiger partial charge in [0.1, 0.15) is 5.76 Å². The molecule has 1 aliphatic rings. The number of hydrogen-bond donors (Lipinski definition) is 0. The summed E-state index contributed by atoms with van der Waals surface area (Å²) in [5, 5.41) is 0. The molecule has 0 saturated heterocycles. The van der Waals surface area contributed by atoms with E-state index in [0.717, 1.165) is 0 Å². The highest BCUT2D eigenvalue weighted by molar-refractivity contribution is 6.00. The van der Waals surface area contributed by atoms with Crippen LogP contribution in [0.3, 0.4) is 0 Å².